The van der Waals surface area contributed by atoms with Gasteiger partial charge in [-0.05, 0) is 31.9 Å². The van der Waals surface area contributed by atoms with Gasteiger partial charge in [0.2, 0.25) is 0 Å². The second kappa shape index (κ2) is 9.36. The van der Waals surface area contributed by atoms with Gasteiger partial charge in [-0.1, -0.05) is 41.7 Å². The first kappa shape index (κ1) is 21.1. The Morgan fingerprint density at radius 1 is 1.13 bits per heavy atom. The van der Waals surface area contributed by atoms with Gasteiger partial charge in [-0.25, -0.2) is 9.97 Å². The van der Waals surface area contributed by atoms with E-state index in [2.05, 4.69) is 9.97 Å². The Bertz CT molecular complexity index is 1260. The summed E-state index contributed by atoms with van der Waals surface area (Å²) in [6.45, 7) is 4.05. The zero-order valence-electron chi connectivity index (χ0n) is 17.2. The van der Waals surface area contributed by atoms with E-state index in [1.54, 1.807) is 30.5 Å². The molecule has 1 aromatic carbocycles. The number of Topliss-reactive ketones (excluding diaryl/α,β-unsaturated/α-hetero) is 1. The third kappa shape index (κ3) is 5.15. The number of thiazole rings is 2. The largest absolute Gasteiger partial charge is 0.487 e. The molecule has 0 aliphatic heterocycles. The normalized spacial score (nSPS) is 10.9. The molecule has 0 fully saturated rings. The summed E-state index contributed by atoms with van der Waals surface area (Å²) < 4.78 is 7.11. The predicted molar refractivity (Wildman–Crippen MR) is 123 cm³/mol. The number of hydrogen-bond acceptors (Lipinski definition) is 7. The first-order chi connectivity index (χ1) is 15.0. The molecule has 3 aromatic heterocycles. The van der Waals surface area contributed by atoms with Crippen molar-refractivity contribution < 1.29 is 9.53 Å². The predicted octanol–water partition coefficient (Wildman–Crippen LogP) is 4.76. The summed E-state index contributed by atoms with van der Waals surface area (Å²) in [6.07, 6.45) is 2.71. The Balaban J connectivity index is 1.45. The van der Waals surface area contributed by atoms with Crippen molar-refractivity contribution in [1.82, 2.24) is 14.5 Å². The van der Waals surface area contributed by atoms with Gasteiger partial charge in [-0.3, -0.25) is 14.2 Å². The number of pyridine rings is 1. The number of benzene rings is 1. The van der Waals surface area contributed by atoms with Gasteiger partial charge < -0.3 is 4.74 Å². The van der Waals surface area contributed by atoms with Gasteiger partial charge in [-0.15, -0.1) is 11.3 Å². The van der Waals surface area contributed by atoms with E-state index >= 15 is 0 Å². The van der Waals surface area contributed by atoms with Crippen molar-refractivity contribution in [3.63, 3.8) is 0 Å². The topological polar surface area (TPSA) is 74.1 Å². The van der Waals surface area contributed by atoms with Gasteiger partial charge in [-0.2, -0.15) is 0 Å². The molecule has 0 bridgehead atoms. The lowest BCUT2D eigenvalue weighted by atomic mass is 10.1. The molecule has 31 heavy (non-hydrogen) atoms. The van der Waals surface area contributed by atoms with Crippen LogP contribution >= 0.6 is 22.7 Å². The Hall–Kier alpha value is -3.10. The van der Waals surface area contributed by atoms with E-state index < -0.39 is 0 Å². The lowest BCUT2D eigenvalue weighted by Crippen LogP contribution is -2.16. The van der Waals surface area contributed by atoms with Gasteiger partial charge in [0.1, 0.15) is 12.4 Å². The minimum absolute atomic E-state index is 0.0386. The van der Waals surface area contributed by atoms with Crippen LogP contribution in [0.15, 0.2) is 58.8 Å². The highest BCUT2D eigenvalue weighted by molar-refractivity contribution is 7.16. The molecule has 0 radical (unpaired) electrons. The van der Waals surface area contributed by atoms with Crippen LogP contribution in [-0.2, 0) is 13.0 Å². The summed E-state index contributed by atoms with van der Waals surface area (Å²) in [4.78, 5) is 34.7. The molecule has 0 saturated carbocycles. The van der Waals surface area contributed by atoms with Gasteiger partial charge in [0.15, 0.2) is 10.9 Å². The SMILES string of the molecule is Cc1nc(COc2ccn(-c3nc(C)c(C(=O)CCc4ccccc4)s3)c(=O)c2)cs1. The van der Waals surface area contributed by atoms with Crippen LogP contribution in [0.1, 0.15) is 38.1 Å². The second-order valence-corrected chi connectivity index (χ2v) is 9.08. The number of aromatic nitrogens is 3. The molecule has 0 unspecified atom stereocenters. The first-order valence-electron chi connectivity index (χ1n) is 9.81. The average molecular weight is 452 g/mol. The molecule has 4 rings (SSSR count). The molecular formula is C23H21N3O3S2. The Morgan fingerprint density at radius 3 is 2.65 bits per heavy atom. The lowest BCUT2D eigenvalue weighted by molar-refractivity contribution is 0.0986. The third-order valence-electron chi connectivity index (χ3n) is 4.67. The molecule has 0 aliphatic rings. The number of aryl methyl sites for hydroxylation is 3. The number of carbonyl (C=O) groups is 1. The standard InChI is InChI=1S/C23H21N3O3S2/c1-15-22(20(27)9-8-17-6-4-3-5-7-17)31-23(24-15)26-11-10-19(12-21(26)28)29-13-18-14-30-16(2)25-18/h3-7,10-12,14H,8-9,13H2,1-2H3. The number of rotatable bonds is 8. The Morgan fingerprint density at radius 2 is 1.94 bits per heavy atom. The van der Waals surface area contributed by atoms with Gasteiger partial charge in [0.05, 0.1) is 21.3 Å². The number of hydrogen-bond donors (Lipinski definition) is 0. The molecule has 3 heterocycles. The van der Waals surface area contributed by atoms with Crippen molar-refractivity contribution in [3.8, 4) is 10.9 Å². The van der Waals surface area contributed by atoms with E-state index in [9.17, 15) is 9.59 Å². The van der Waals surface area contributed by atoms with Crippen molar-refractivity contribution >= 4 is 28.5 Å². The number of ketones is 1. The van der Waals surface area contributed by atoms with Gasteiger partial charge in [0, 0.05) is 24.1 Å². The molecule has 6 nitrogen and oxygen atoms in total. The van der Waals surface area contributed by atoms with Crippen LogP contribution in [0.2, 0.25) is 0 Å². The van der Waals surface area contributed by atoms with Crippen LogP contribution in [0, 0.1) is 13.8 Å². The molecule has 8 heteroatoms. The molecule has 0 saturated heterocycles. The summed E-state index contributed by atoms with van der Waals surface area (Å²) >= 11 is 2.80. The summed E-state index contributed by atoms with van der Waals surface area (Å²) in [5.41, 5.74) is 2.34. The molecule has 158 valence electrons. The average Bonchev–Trinajstić information content (AvgIpc) is 3.36. The van der Waals surface area contributed by atoms with Crippen LogP contribution in [0.5, 0.6) is 5.75 Å². The van der Waals surface area contributed by atoms with Crippen molar-refractivity contribution in [1.29, 1.82) is 0 Å². The molecule has 4 aromatic rings. The van der Waals surface area contributed by atoms with Crippen LogP contribution < -0.4 is 10.3 Å². The lowest BCUT2D eigenvalue weighted by Gasteiger charge is -2.06. The van der Waals surface area contributed by atoms with E-state index in [4.69, 9.17) is 4.74 Å². The van der Waals surface area contributed by atoms with E-state index in [0.29, 0.717) is 40.9 Å². The molecule has 0 amide bonds. The monoisotopic (exact) mass is 451 g/mol. The van der Waals surface area contributed by atoms with Crippen molar-refractivity contribution in [2.24, 2.45) is 0 Å². The van der Waals surface area contributed by atoms with E-state index in [1.807, 2.05) is 42.6 Å². The summed E-state index contributed by atoms with van der Waals surface area (Å²) in [5.74, 6) is 0.510. The maximum atomic E-state index is 12.7. The number of ether oxygens (including phenoxy) is 1. The van der Waals surface area contributed by atoms with Crippen molar-refractivity contribution in [3.05, 3.63) is 91.2 Å². The highest BCUT2D eigenvalue weighted by Crippen LogP contribution is 2.23. The zero-order valence-corrected chi connectivity index (χ0v) is 18.8. The van der Waals surface area contributed by atoms with Gasteiger partial charge in [0.25, 0.3) is 5.56 Å². The summed E-state index contributed by atoms with van der Waals surface area (Å²) in [5, 5.41) is 3.39. The minimum atomic E-state index is -0.260. The highest BCUT2D eigenvalue weighted by Gasteiger charge is 2.17. The van der Waals surface area contributed by atoms with E-state index in [1.165, 1.54) is 22.0 Å². The first-order valence-corrected chi connectivity index (χ1v) is 11.5. The van der Waals surface area contributed by atoms with Crippen molar-refractivity contribution in [2.75, 3.05) is 0 Å². The smallest absolute Gasteiger partial charge is 0.260 e. The van der Waals surface area contributed by atoms with Gasteiger partial charge >= 0.3 is 0 Å². The second-order valence-electron chi connectivity index (χ2n) is 7.04. The van der Waals surface area contributed by atoms with Crippen LogP contribution in [-0.4, -0.2) is 20.3 Å². The summed E-state index contributed by atoms with van der Waals surface area (Å²) in [6, 6.07) is 13.1. The molecule has 0 atom stereocenters. The number of nitrogens with zero attached hydrogens (tertiary/aromatic N) is 3. The van der Waals surface area contributed by atoms with Crippen LogP contribution in [0.4, 0.5) is 0 Å². The maximum absolute atomic E-state index is 12.7. The van der Waals surface area contributed by atoms with Crippen molar-refractivity contribution in [2.45, 2.75) is 33.3 Å². The third-order valence-corrected chi connectivity index (χ3v) is 6.69. The zero-order chi connectivity index (χ0) is 21.8. The molecule has 0 aliphatic carbocycles. The van der Waals surface area contributed by atoms with E-state index in [-0.39, 0.29) is 11.3 Å². The minimum Gasteiger partial charge on any atom is -0.487 e. The molecule has 0 spiro atoms. The van der Waals surface area contributed by atoms with Crippen LogP contribution in [0.3, 0.4) is 0 Å². The fourth-order valence-electron chi connectivity index (χ4n) is 3.10. The fourth-order valence-corrected chi connectivity index (χ4v) is 4.72. The Kier molecular flexibility index (Phi) is 6.39. The van der Waals surface area contributed by atoms with E-state index in [0.717, 1.165) is 16.3 Å². The maximum Gasteiger partial charge on any atom is 0.260 e. The number of carbonyl (C=O) groups excluding carboxylic acids is 1. The highest BCUT2D eigenvalue weighted by atomic mass is 32.1. The van der Waals surface area contributed by atoms with Crippen LogP contribution in [0.25, 0.3) is 5.13 Å². The Labute approximate surface area is 187 Å². The molecule has 0 N–H and O–H groups in total. The molecular weight excluding hydrogens is 430 g/mol. The summed E-state index contributed by atoms with van der Waals surface area (Å²) in [7, 11) is 0. The fraction of sp³-hybridized carbons (Fsp3) is 0.217. The quantitative estimate of drug-likeness (QED) is 0.361.